The molecule has 1 rings (SSSR count). The van der Waals surface area contributed by atoms with Crippen molar-refractivity contribution in [2.75, 3.05) is 6.61 Å². The van der Waals surface area contributed by atoms with Gasteiger partial charge in [-0.25, -0.2) is 0 Å². The summed E-state index contributed by atoms with van der Waals surface area (Å²) < 4.78 is 5.18. The van der Waals surface area contributed by atoms with E-state index < -0.39 is 0 Å². The number of allylic oxidation sites excluding steroid dienone is 3. The third kappa shape index (κ3) is 1.12. The fraction of sp³-hybridized carbons (Fsp3) is 0.429. The summed E-state index contributed by atoms with van der Waals surface area (Å²) in [7, 11) is 0. The molecule has 1 nitrogen and oxygen atoms in total. The molecule has 0 amide bonds. The first-order valence-electron chi connectivity index (χ1n) is 2.76. The van der Waals surface area contributed by atoms with Crippen molar-refractivity contribution < 1.29 is 4.74 Å². The molecule has 0 unspecified atom stereocenters. The van der Waals surface area contributed by atoms with E-state index in [1.54, 1.807) is 0 Å². The molecule has 0 saturated carbocycles. The summed E-state index contributed by atoms with van der Waals surface area (Å²) in [5.41, 5.74) is 1.29. The lowest BCUT2D eigenvalue weighted by Gasteiger charge is -2.09. The van der Waals surface area contributed by atoms with E-state index >= 15 is 0 Å². The molecule has 1 heteroatoms. The lowest BCUT2D eigenvalue weighted by atomic mass is 10.2. The molecule has 0 aliphatic carbocycles. The minimum Gasteiger partial charge on any atom is -0.494 e. The Morgan fingerprint density at radius 3 is 2.50 bits per heavy atom. The normalized spacial score (nSPS) is 18.8. The zero-order valence-electron chi connectivity index (χ0n) is 5.27. The molecule has 0 spiro atoms. The molecule has 0 atom stereocenters. The van der Waals surface area contributed by atoms with Crippen molar-refractivity contribution in [3.63, 3.8) is 0 Å². The monoisotopic (exact) mass is 110 g/mol. The van der Waals surface area contributed by atoms with Crippen molar-refractivity contribution in [2.45, 2.75) is 13.8 Å². The van der Waals surface area contributed by atoms with E-state index in [-0.39, 0.29) is 0 Å². The highest BCUT2D eigenvalue weighted by Crippen LogP contribution is 2.07. The van der Waals surface area contributed by atoms with Gasteiger partial charge < -0.3 is 4.74 Å². The van der Waals surface area contributed by atoms with Crippen LogP contribution in [0.2, 0.25) is 0 Å². The molecule has 44 valence electrons. The summed E-state index contributed by atoms with van der Waals surface area (Å²) in [6.07, 6.45) is 4.07. The van der Waals surface area contributed by atoms with Gasteiger partial charge in [0.25, 0.3) is 0 Å². The lowest BCUT2D eigenvalue weighted by molar-refractivity contribution is 0.237. The smallest absolute Gasteiger partial charge is 0.109 e. The average Bonchev–Trinajstić information content (AvgIpc) is 1.77. The highest BCUT2D eigenvalue weighted by molar-refractivity contribution is 5.16. The first-order valence-corrected chi connectivity index (χ1v) is 2.76. The molecule has 0 saturated heterocycles. The third-order valence-electron chi connectivity index (χ3n) is 1.13. The van der Waals surface area contributed by atoms with Gasteiger partial charge in [0, 0.05) is 0 Å². The van der Waals surface area contributed by atoms with Crippen LogP contribution in [0, 0.1) is 0 Å². The van der Waals surface area contributed by atoms with Gasteiger partial charge in [0.2, 0.25) is 0 Å². The maximum absolute atomic E-state index is 5.18. The first kappa shape index (κ1) is 5.42. The molecule has 0 aromatic heterocycles. The van der Waals surface area contributed by atoms with E-state index in [1.165, 1.54) is 5.57 Å². The Morgan fingerprint density at radius 2 is 2.12 bits per heavy atom. The van der Waals surface area contributed by atoms with Gasteiger partial charge in [0.05, 0.1) is 5.76 Å². The molecule has 1 aliphatic rings. The van der Waals surface area contributed by atoms with Crippen LogP contribution in [0.5, 0.6) is 0 Å². The summed E-state index contributed by atoms with van der Waals surface area (Å²) in [5.74, 6) is 1.01. The highest BCUT2D eigenvalue weighted by atomic mass is 16.5. The van der Waals surface area contributed by atoms with Crippen molar-refractivity contribution >= 4 is 0 Å². The Balaban J connectivity index is 2.65. The van der Waals surface area contributed by atoms with E-state index in [2.05, 4.69) is 13.0 Å². The molecule has 0 radical (unpaired) electrons. The van der Waals surface area contributed by atoms with Crippen molar-refractivity contribution in [1.29, 1.82) is 0 Å². The molecule has 0 bridgehead atoms. The van der Waals surface area contributed by atoms with E-state index in [0.717, 1.165) is 12.4 Å². The van der Waals surface area contributed by atoms with Crippen LogP contribution in [0.3, 0.4) is 0 Å². The maximum atomic E-state index is 5.18. The Labute approximate surface area is 49.7 Å². The number of ether oxygens (including phenoxy) is 1. The van der Waals surface area contributed by atoms with Crippen LogP contribution in [0.1, 0.15) is 13.8 Å². The van der Waals surface area contributed by atoms with Gasteiger partial charge in [0.15, 0.2) is 0 Å². The van der Waals surface area contributed by atoms with Crippen molar-refractivity contribution in [3.05, 3.63) is 23.5 Å². The summed E-state index contributed by atoms with van der Waals surface area (Å²) in [5, 5.41) is 0. The van der Waals surface area contributed by atoms with Gasteiger partial charge in [-0.05, 0) is 25.5 Å². The SMILES string of the molecule is CC1=CC=C(C)OC1. The fourth-order valence-corrected chi connectivity index (χ4v) is 0.584. The molecule has 0 aromatic rings. The Kier molecular flexibility index (Phi) is 1.38. The molecular formula is C7H10O. The molecule has 1 heterocycles. The van der Waals surface area contributed by atoms with Crippen LogP contribution >= 0.6 is 0 Å². The predicted molar refractivity (Wildman–Crippen MR) is 33.5 cm³/mol. The van der Waals surface area contributed by atoms with Gasteiger partial charge in [-0.15, -0.1) is 0 Å². The second-order valence-electron chi connectivity index (χ2n) is 2.08. The van der Waals surface area contributed by atoms with Gasteiger partial charge in [-0.1, -0.05) is 6.08 Å². The fourth-order valence-electron chi connectivity index (χ4n) is 0.584. The summed E-state index contributed by atoms with van der Waals surface area (Å²) in [4.78, 5) is 0. The topological polar surface area (TPSA) is 9.23 Å². The van der Waals surface area contributed by atoms with Crippen molar-refractivity contribution in [2.24, 2.45) is 0 Å². The largest absolute Gasteiger partial charge is 0.494 e. The number of hydrogen-bond acceptors (Lipinski definition) is 1. The van der Waals surface area contributed by atoms with Gasteiger partial charge in [-0.2, -0.15) is 0 Å². The zero-order valence-corrected chi connectivity index (χ0v) is 5.27. The van der Waals surface area contributed by atoms with Crippen LogP contribution in [0.15, 0.2) is 23.5 Å². The molecule has 0 aromatic carbocycles. The Hall–Kier alpha value is -0.720. The number of hydrogen-bond donors (Lipinski definition) is 0. The summed E-state index contributed by atoms with van der Waals surface area (Å²) in [6, 6.07) is 0. The van der Waals surface area contributed by atoms with Gasteiger partial charge in [0.1, 0.15) is 6.61 Å². The predicted octanol–water partition coefficient (Wildman–Crippen LogP) is 1.87. The van der Waals surface area contributed by atoms with Crippen molar-refractivity contribution in [1.82, 2.24) is 0 Å². The standard InChI is InChI=1S/C7H10O/c1-6-3-4-7(2)8-5-6/h3-4H,5H2,1-2H3. The van der Waals surface area contributed by atoms with E-state index in [4.69, 9.17) is 4.74 Å². The lowest BCUT2D eigenvalue weighted by Crippen LogP contribution is -1.97. The van der Waals surface area contributed by atoms with Crippen molar-refractivity contribution in [3.8, 4) is 0 Å². The average molecular weight is 110 g/mol. The molecular weight excluding hydrogens is 100 g/mol. The zero-order chi connectivity index (χ0) is 5.98. The van der Waals surface area contributed by atoms with Crippen LogP contribution in [-0.4, -0.2) is 6.61 Å². The minimum atomic E-state index is 0.766. The Morgan fingerprint density at radius 1 is 1.38 bits per heavy atom. The highest BCUT2D eigenvalue weighted by Gasteiger charge is 1.95. The minimum absolute atomic E-state index is 0.766. The van der Waals surface area contributed by atoms with Crippen LogP contribution in [0.25, 0.3) is 0 Å². The molecule has 8 heavy (non-hydrogen) atoms. The van der Waals surface area contributed by atoms with E-state index in [1.807, 2.05) is 13.0 Å². The Bertz CT molecular complexity index is 124. The van der Waals surface area contributed by atoms with E-state index in [9.17, 15) is 0 Å². The second kappa shape index (κ2) is 2.03. The quantitative estimate of drug-likeness (QED) is 0.462. The molecule has 0 N–H and O–H groups in total. The van der Waals surface area contributed by atoms with Gasteiger partial charge in [-0.3, -0.25) is 0 Å². The van der Waals surface area contributed by atoms with Crippen LogP contribution in [0.4, 0.5) is 0 Å². The maximum Gasteiger partial charge on any atom is 0.109 e. The first-order chi connectivity index (χ1) is 3.79. The van der Waals surface area contributed by atoms with Gasteiger partial charge >= 0.3 is 0 Å². The molecule has 1 aliphatic heterocycles. The third-order valence-corrected chi connectivity index (χ3v) is 1.13. The van der Waals surface area contributed by atoms with Crippen LogP contribution in [-0.2, 0) is 4.74 Å². The van der Waals surface area contributed by atoms with Crippen LogP contribution < -0.4 is 0 Å². The second-order valence-corrected chi connectivity index (χ2v) is 2.08. The molecule has 0 fully saturated rings. The number of rotatable bonds is 0. The summed E-state index contributed by atoms with van der Waals surface area (Å²) >= 11 is 0. The van der Waals surface area contributed by atoms with E-state index in [0.29, 0.717) is 0 Å². The summed E-state index contributed by atoms with van der Waals surface area (Å²) in [6.45, 7) is 4.79.